The number of anilines is 1. The third-order valence-corrected chi connectivity index (χ3v) is 3.60. The maximum Gasteiger partial charge on any atom is 0.328 e. The van der Waals surface area contributed by atoms with Gasteiger partial charge in [0.25, 0.3) is 5.56 Å². The van der Waals surface area contributed by atoms with Crippen LogP contribution in [0.3, 0.4) is 0 Å². The van der Waals surface area contributed by atoms with Gasteiger partial charge in [-0.1, -0.05) is 13.0 Å². The van der Waals surface area contributed by atoms with Gasteiger partial charge in [0.15, 0.2) is 0 Å². The summed E-state index contributed by atoms with van der Waals surface area (Å²) in [7, 11) is 0. The van der Waals surface area contributed by atoms with Crippen molar-refractivity contribution < 1.29 is 0 Å². The van der Waals surface area contributed by atoms with E-state index in [1.165, 1.54) is 4.57 Å². The molecule has 6 heteroatoms. The topological polar surface area (TPSA) is 80.9 Å². The minimum Gasteiger partial charge on any atom is -0.398 e. The van der Waals surface area contributed by atoms with E-state index >= 15 is 0 Å². The van der Waals surface area contributed by atoms with Crippen LogP contribution in [0, 0.1) is 0 Å². The average Bonchev–Trinajstić information content (AvgIpc) is 2.37. The van der Waals surface area contributed by atoms with Gasteiger partial charge in [-0.15, -0.1) is 0 Å². The maximum atomic E-state index is 11.7. The van der Waals surface area contributed by atoms with Crippen LogP contribution in [-0.2, 0) is 13.0 Å². The van der Waals surface area contributed by atoms with E-state index < -0.39 is 5.69 Å². The van der Waals surface area contributed by atoms with Gasteiger partial charge in [-0.3, -0.25) is 14.3 Å². The quantitative estimate of drug-likeness (QED) is 0.840. The molecule has 0 aliphatic heterocycles. The lowest BCUT2D eigenvalue weighted by Gasteiger charge is -2.08. The number of hydrogen-bond donors (Lipinski definition) is 2. The summed E-state index contributed by atoms with van der Waals surface area (Å²) < 4.78 is 2.29. The number of benzene rings is 1. The fourth-order valence-corrected chi connectivity index (χ4v) is 2.06. The third-order valence-electron chi connectivity index (χ3n) is 2.88. The highest BCUT2D eigenvalue weighted by Gasteiger charge is 2.05. The minimum atomic E-state index is -0.413. The summed E-state index contributed by atoms with van der Waals surface area (Å²) in [5.74, 6) is 0. The molecule has 0 fully saturated rings. The summed E-state index contributed by atoms with van der Waals surface area (Å²) in [4.78, 5) is 25.5. The molecule has 0 bridgehead atoms. The molecule has 2 rings (SSSR count). The Morgan fingerprint density at radius 3 is 2.74 bits per heavy atom. The average molecular weight is 324 g/mol. The summed E-state index contributed by atoms with van der Waals surface area (Å²) in [6.07, 6.45) is 2.18. The Hall–Kier alpha value is -1.82. The van der Waals surface area contributed by atoms with Crippen molar-refractivity contribution in [3.63, 3.8) is 0 Å². The molecule has 0 spiro atoms. The number of aromatic amines is 1. The predicted molar refractivity (Wildman–Crippen MR) is 78.4 cm³/mol. The van der Waals surface area contributed by atoms with E-state index in [1.807, 2.05) is 19.1 Å². The van der Waals surface area contributed by atoms with Gasteiger partial charge in [-0.25, -0.2) is 4.79 Å². The number of rotatable bonds is 3. The van der Waals surface area contributed by atoms with Gasteiger partial charge in [0.05, 0.1) is 6.54 Å². The zero-order valence-corrected chi connectivity index (χ0v) is 12.0. The van der Waals surface area contributed by atoms with Gasteiger partial charge in [-0.05, 0) is 40.0 Å². The van der Waals surface area contributed by atoms with E-state index in [0.29, 0.717) is 24.2 Å². The number of aromatic nitrogens is 2. The second-order valence-electron chi connectivity index (χ2n) is 4.25. The van der Waals surface area contributed by atoms with Crippen molar-refractivity contribution in [2.45, 2.75) is 19.9 Å². The molecule has 2 aromatic rings. The van der Waals surface area contributed by atoms with Crippen LogP contribution in [0.25, 0.3) is 0 Å². The molecular weight excluding hydrogens is 310 g/mol. The molecule has 100 valence electrons. The fourth-order valence-electron chi connectivity index (χ4n) is 1.81. The number of halogens is 1. The molecule has 0 saturated heterocycles. The Balaban J connectivity index is 2.40. The van der Waals surface area contributed by atoms with Crippen molar-refractivity contribution in [2.75, 3.05) is 5.73 Å². The second-order valence-corrected chi connectivity index (χ2v) is 5.11. The Morgan fingerprint density at radius 1 is 1.37 bits per heavy atom. The molecule has 3 N–H and O–H groups in total. The second kappa shape index (κ2) is 5.44. The molecule has 0 radical (unpaired) electrons. The van der Waals surface area contributed by atoms with Crippen LogP contribution >= 0.6 is 15.9 Å². The maximum absolute atomic E-state index is 11.7. The Morgan fingerprint density at radius 2 is 2.11 bits per heavy atom. The van der Waals surface area contributed by atoms with E-state index in [0.717, 1.165) is 10.0 Å². The molecule has 5 nitrogen and oxygen atoms in total. The number of H-pyrrole nitrogens is 1. The molecule has 0 saturated carbocycles. The highest BCUT2D eigenvalue weighted by Crippen LogP contribution is 2.20. The van der Waals surface area contributed by atoms with E-state index in [9.17, 15) is 9.59 Å². The number of nitrogens with zero attached hydrogens (tertiary/aromatic N) is 1. The third kappa shape index (κ3) is 2.96. The minimum absolute atomic E-state index is 0.320. The van der Waals surface area contributed by atoms with Crippen LogP contribution < -0.4 is 17.0 Å². The lowest BCUT2D eigenvalue weighted by Crippen LogP contribution is -2.31. The molecule has 19 heavy (non-hydrogen) atoms. The first-order chi connectivity index (χ1) is 9.01. The molecule has 1 heterocycles. The molecule has 1 aromatic carbocycles. The number of nitrogen functional groups attached to an aromatic ring is 1. The Labute approximate surface area is 118 Å². The Kier molecular flexibility index (Phi) is 3.90. The van der Waals surface area contributed by atoms with E-state index in [2.05, 4.69) is 20.9 Å². The van der Waals surface area contributed by atoms with Gasteiger partial charge < -0.3 is 5.73 Å². The summed E-state index contributed by atoms with van der Waals surface area (Å²) in [6, 6.07) is 5.51. The Bertz CT molecular complexity index is 719. The van der Waals surface area contributed by atoms with Crippen molar-refractivity contribution in [3.05, 3.63) is 60.8 Å². The van der Waals surface area contributed by atoms with Gasteiger partial charge in [0.2, 0.25) is 0 Å². The molecule has 0 aliphatic rings. The van der Waals surface area contributed by atoms with Gasteiger partial charge in [0.1, 0.15) is 0 Å². The van der Waals surface area contributed by atoms with Crippen LogP contribution in [0.5, 0.6) is 0 Å². The largest absolute Gasteiger partial charge is 0.398 e. The molecular formula is C13H14BrN3O2. The summed E-state index contributed by atoms with van der Waals surface area (Å²) in [6.45, 7) is 2.25. The summed E-state index contributed by atoms with van der Waals surface area (Å²) >= 11 is 3.32. The van der Waals surface area contributed by atoms with Crippen LogP contribution in [0.2, 0.25) is 0 Å². The van der Waals surface area contributed by atoms with Crippen molar-refractivity contribution >= 4 is 21.6 Å². The number of nitrogens with one attached hydrogen (secondary N) is 1. The first kappa shape index (κ1) is 13.6. The first-order valence-corrected chi connectivity index (χ1v) is 6.67. The number of aryl methyl sites for hydroxylation is 1. The molecule has 0 unspecified atom stereocenters. The monoisotopic (exact) mass is 323 g/mol. The van der Waals surface area contributed by atoms with Crippen molar-refractivity contribution in [1.82, 2.24) is 9.55 Å². The van der Waals surface area contributed by atoms with Crippen LogP contribution in [0.15, 0.2) is 38.5 Å². The lowest BCUT2D eigenvalue weighted by atomic mass is 10.2. The molecule has 1 aromatic heterocycles. The number of hydrogen-bond acceptors (Lipinski definition) is 3. The van der Waals surface area contributed by atoms with Gasteiger partial charge in [0, 0.05) is 21.9 Å². The van der Waals surface area contributed by atoms with Crippen molar-refractivity contribution in [1.29, 1.82) is 0 Å². The zero-order chi connectivity index (χ0) is 14.0. The summed E-state index contributed by atoms with van der Waals surface area (Å²) in [5, 5.41) is 0. The first-order valence-electron chi connectivity index (χ1n) is 5.87. The van der Waals surface area contributed by atoms with Crippen molar-refractivity contribution in [3.8, 4) is 0 Å². The summed E-state index contributed by atoms with van der Waals surface area (Å²) in [5.41, 5.74) is 7.17. The van der Waals surface area contributed by atoms with E-state index in [-0.39, 0.29) is 5.56 Å². The smallest absolute Gasteiger partial charge is 0.328 e. The predicted octanol–water partition coefficient (Wildman–Crippen LogP) is 1.49. The van der Waals surface area contributed by atoms with E-state index in [1.54, 1.807) is 12.3 Å². The zero-order valence-electron chi connectivity index (χ0n) is 10.4. The number of nitrogens with two attached hydrogens (primary N) is 1. The normalized spacial score (nSPS) is 10.6. The molecule has 0 amide bonds. The van der Waals surface area contributed by atoms with Gasteiger partial charge >= 0.3 is 5.69 Å². The van der Waals surface area contributed by atoms with Crippen LogP contribution in [0.4, 0.5) is 5.69 Å². The SMILES string of the molecule is CCc1cn(Cc2ccc(Br)c(N)c2)c(=O)[nH]c1=O. The fraction of sp³-hybridized carbons (Fsp3) is 0.231. The van der Waals surface area contributed by atoms with Crippen LogP contribution in [-0.4, -0.2) is 9.55 Å². The van der Waals surface area contributed by atoms with E-state index in [4.69, 9.17) is 5.73 Å². The van der Waals surface area contributed by atoms with Gasteiger partial charge in [-0.2, -0.15) is 0 Å². The highest BCUT2D eigenvalue weighted by molar-refractivity contribution is 9.10. The molecule has 0 atom stereocenters. The van der Waals surface area contributed by atoms with Crippen LogP contribution in [0.1, 0.15) is 18.1 Å². The van der Waals surface area contributed by atoms with Crippen molar-refractivity contribution in [2.24, 2.45) is 0 Å². The standard InChI is InChI=1S/C13H14BrN3O2/c1-2-9-7-17(13(19)16-12(9)18)6-8-3-4-10(14)11(15)5-8/h3-5,7H,2,6,15H2,1H3,(H,16,18,19). The molecule has 0 aliphatic carbocycles. The lowest BCUT2D eigenvalue weighted by molar-refractivity contribution is 0.708. The highest BCUT2D eigenvalue weighted by atomic mass is 79.9.